The molecule has 0 unspecified atom stereocenters. The molecule has 1 aromatic rings. The summed E-state index contributed by atoms with van der Waals surface area (Å²) in [5.74, 6) is -0.957. The lowest BCUT2D eigenvalue weighted by atomic mass is 9.94. The highest BCUT2D eigenvalue weighted by atomic mass is 32.2. The normalized spacial score (nSPS) is 16.0. The summed E-state index contributed by atoms with van der Waals surface area (Å²) in [5, 5.41) is 8.98. The fourth-order valence-corrected chi connectivity index (χ4v) is 4.01. The Labute approximate surface area is 153 Å². The van der Waals surface area contributed by atoms with Crippen LogP contribution in [0.2, 0.25) is 0 Å². The summed E-state index contributed by atoms with van der Waals surface area (Å²) >= 11 is 0. The molecule has 0 aromatic heterocycles. The average Bonchev–Trinajstić information content (AvgIpc) is 2.98. The first-order valence-corrected chi connectivity index (χ1v) is 9.93. The van der Waals surface area contributed by atoms with Crippen LogP contribution in [0, 0.1) is 11.8 Å². The van der Waals surface area contributed by atoms with Crippen molar-refractivity contribution in [3.63, 3.8) is 0 Å². The molecule has 1 atom stereocenters. The van der Waals surface area contributed by atoms with Crippen molar-refractivity contribution in [3.05, 3.63) is 24.3 Å². The van der Waals surface area contributed by atoms with Crippen molar-refractivity contribution in [3.8, 4) is 0 Å². The minimum Gasteiger partial charge on any atom is -0.481 e. The van der Waals surface area contributed by atoms with Gasteiger partial charge in [0, 0.05) is 18.7 Å². The molecule has 0 radical (unpaired) electrons. The van der Waals surface area contributed by atoms with E-state index in [9.17, 15) is 18.0 Å². The fourth-order valence-electron chi connectivity index (χ4n) is 2.90. The lowest BCUT2D eigenvalue weighted by Crippen LogP contribution is -2.31. The van der Waals surface area contributed by atoms with Crippen LogP contribution in [0.1, 0.15) is 26.7 Å². The molecule has 1 heterocycles. The summed E-state index contributed by atoms with van der Waals surface area (Å²) in [5.41, 5.74) is 0.565. The lowest BCUT2D eigenvalue weighted by molar-refractivity contribution is -0.138. The Bertz CT molecular complexity index is 745. The Hall–Kier alpha value is -2.13. The number of amides is 1. The van der Waals surface area contributed by atoms with E-state index in [0.717, 1.165) is 0 Å². The van der Waals surface area contributed by atoms with Gasteiger partial charge in [-0.05, 0) is 42.5 Å². The molecular weight excluding hydrogens is 360 g/mol. The predicted molar refractivity (Wildman–Crippen MR) is 95.5 cm³/mol. The third-order valence-corrected chi connectivity index (χ3v) is 5.49. The van der Waals surface area contributed by atoms with Crippen molar-refractivity contribution < 1.29 is 27.9 Å². The van der Waals surface area contributed by atoms with Crippen LogP contribution in [-0.2, 0) is 19.6 Å². The van der Waals surface area contributed by atoms with Crippen LogP contribution < -0.4 is 9.62 Å². The number of anilines is 1. The molecule has 9 heteroatoms. The van der Waals surface area contributed by atoms with Crippen molar-refractivity contribution in [1.82, 2.24) is 4.72 Å². The van der Waals surface area contributed by atoms with Crippen LogP contribution in [0.15, 0.2) is 29.2 Å². The molecule has 1 fully saturated rings. The number of nitrogens with zero attached hydrogens (tertiary/aromatic N) is 1. The summed E-state index contributed by atoms with van der Waals surface area (Å²) in [6.07, 6.45) is 0.0746. The number of nitrogens with one attached hydrogen (secondary N) is 1. The number of sulfonamides is 1. The topological polar surface area (TPSA) is 113 Å². The number of benzene rings is 1. The van der Waals surface area contributed by atoms with Gasteiger partial charge in [-0.2, -0.15) is 0 Å². The largest absolute Gasteiger partial charge is 0.481 e. The Morgan fingerprint density at radius 2 is 1.96 bits per heavy atom. The third-order valence-electron chi connectivity index (χ3n) is 4.05. The van der Waals surface area contributed by atoms with Gasteiger partial charge >= 0.3 is 12.1 Å². The highest BCUT2D eigenvalue weighted by Crippen LogP contribution is 2.21. The van der Waals surface area contributed by atoms with Crippen LogP contribution >= 0.6 is 0 Å². The summed E-state index contributed by atoms with van der Waals surface area (Å²) in [6, 6.07) is 5.92. The molecule has 1 amide bonds. The first-order valence-electron chi connectivity index (χ1n) is 8.45. The molecule has 26 heavy (non-hydrogen) atoms. The minimum atomic E-state index is -3.76. The van der Waals surface area contributed by atoms with E-state index in [2.05, 4.69) is 4.72 Å². The van der Waals surface area contributed by atoms with Gasteiger partial charge in [-0.1, -0.05) is 13.8 Å². The van der Waals surface area contributed by atoms with E-state index in [1.54, 1.807) is 12.1 Å². The third kappa shape index (κ3) is 5.43. The number of aliphatic carboxylic acids is 1. The van der Waals surface area contributed by atoms with Crippen molar-refractivity contribution in [2.24, 2.45) is 11.8 Å². The average molecular weight is 384 g/mol. The van der Waals surface area contributed by atoms with E-state index in [1.165, 1.54) is 17.0 Å². The number of carbonyl (C=O) groups is 2. The molecule has 1 saturated heterocycles. The van der Waals surface area contributed by atoms with E-state index >= 15 is 0 Å². The number of carboxylic acid groups (broad SMARTS) is 1. The molecule has 2 rings (SSSR count). The number of carbonyl (C=O) groups excluding carboxylic acids is 1. The van der Waals surface area contributed by atoms with Crippen molar-refractivity contribution in [1.29, 1.82) is 0 Å². The van der Waals surface area contributed by atoms with E-state index in [0.29, 0.717) is 25.3 Å². The van der Waals surface area contributed by atoms with Crippen LogP contribution in [0.3, 0.4) is 0 Å². The molecule has 1 aromatic carbocycles. The minimum absolute atomic E-state index is 0.0624. The van der Waals surface area contributed by atoms with Gasteiger partial charge in [-0.3, -0.25) is 9.69 Å². The Morgan fingerprint density at radius 3 is 2.46 bits per heavy atom. The Balaban J connectivity index is 2.04. The van der Waals surface area contributed by atoms with Gasteiger partial charge in [0.05, 0.1) is 11.4 Å². The van der Waals surface area contributed by atoms with Crippen LogP contribution in [0.4, 0.5) is 10.5 Å². The van der Waals surface area contributed by atoms with Crippen LogP contribution in [0.5, 0.6) is 0 Å². The Kier molecular flexibility index (Phi) is 6.60. The van der Waals surface area contributed by atoms with Crippen molar-refractivity contribution in [2.45, 2.75) is 31.6 Å². The molecule has 0 saturated carbocycles. The number of hydrogen-bond donors (Lipinski definition) is 2. The smallest absolute Gasteiger partial charge is 0.414 e. The highest BCUT2D eigenvalue weighted by molar-refractivity contribution is 7.89. The van der Waals surface area contributed by atoms with E-state index < -0.39 is 22.1 Å². The van der Waals surface area contributed by atoms with Gasteiger partial charge in [0.1, 0.15) is 6.61 Å². The van der Waals surface area contributed by atoms with Gasteiger partial charge < -0.3 is 9.84 Å². The van der Waals surface area contributed by atoms with E-state index in [1.807, 2.05) is 13.8 Å². The number of ether oxygens (including phenoxy) is 1. The maximum atomic E-state index is 12.4. The van der Waals surface area contributed by atoms with E-state index in [4.69, 9.17) is 9.84 Å². The summed E-state index contributed by atoms with van der Waals surface area (Å²) in [4.78, 5) is 24.0. The second kappa shape index (κ2) is 8.50. The highest BCUT2D eigenvalue weighted by Gasteiger charge is 2.24. The first kappa shape index (κ1) is 20.2. The molecular formula is C17H24N2O6S. The molecule has 0 spiro atoms. The maximum absolute atomic E-state index is 12.4. The van der Waals surface area contributed by atoms with Crippen molar-refractivity contribution in [2.75, 3.05) is 24.6 Å². The molecule has 1 aliphatic rings. The molecule has 0 bridgehead atoms. The maximum Gasteiger partial charge on any atom is 0.414 e. The predicted octanol–water partition coefficient (Wildman–Crippen LogP) is 2.06. The fraction of sp³-hybridized carbons (Fsp3) is 0.529. The number of hydrogen-bond acceptors (Lipinski definition) is 5. The zero-order chi connectivity index (χ0) is 19.3. The SMILES string of the molecule is CC(C)C[C@H](CNS(=O)(=O)c1ccc(N2CCOC2=O)cc1)CC(=O)O. The molecule has 0 aliphatic carbocycles. The molecule has 1 aliphatic heterocycles. The van der Waals surface area contributed by atoms with Crippen LogP contribution in [0.25, 0.3) is 0 Å². The summed E-state index contributed by atoms with van der Waals surface area (Å²) in [6.45, 7) is 4.72. The number of carboxylic acids is 1. The summed E-state index contributed by atoms with van der Waals surface area (Å²) in [7, 11) is -3.76. The Morgan fingerprint density at radius 1 is 1.31 bits per heavy atom. The van der Waals surface area contributed by atoms with E-state index in [-0.39, 0.29) is 29.7 Å². The van der Waals surface area contributed by atoms with Gasteiger partial charge in [0.15, 0.2) is 0 Å². The van der Waals surface area contributed by atoms with Crippen LogP contribution in [-0.4, -0.2) is 45.3 Å². The molecule has 2 N–H and O–H groups in total. The van der Waals surface area contributed by atoms with Gasteiger partial charge in [0.25, 0.3) is 0 Å². The van der Waals surface area contributed by atoms with Gasteiger partial charge in [-0.15, -0.1) is 0 Å². The zero-order valence-electron chi connectivity index (χ0n) is 14.8. The number of rotatable bonds is 9. The number of cyclic esters (lactones) is 1. The molecule has 8 nitrogen and oxygen atoms in total. The summed E-state index contributed by atoms with van der Waals surface area (Å²) < 4.78 is 32.2. The van der Waals surface area contributed by atoms with Crippen molar-refractivity contribution >= 4 is 27.8 Å². The lowest BCUT2D eigenvalue weighted by Gasteiger charge is -2.18. The first-order chi connectivity index (χ1) is 12.2. The standard InChI is InChI=1S/C17H24N2O6S/c1-12(2)9-13(10-16(20)21)11-18-26(23,24)15-5-3-14(4-6-15)19-7-8-25-17(19)22/h3-6,12-13,18H,7-11H2,1-2H3,(H,20,21)/t13-/m0/s1. The quantitative estimate of drug-likeness (QED) is 0.674. The second-order valence-corrected chi connectivity index (χ2v) is 8.47. The van der Waals surface area contributed by atoms with Gasteiger partial charge in [-0.25, -0.2) is 17.9 Å². The molecule has 144 valence electrons. The van der Waals surface area contributed by atoms with Gasteiger partial charge in [0.2, 0.25) is 10.0 Å². The second-order valence-electron chi connectivity index (χ2n) is 6.71. The zero-order valence-corrected chi connectivity index (χ0v) is 15.7. The monoisotopic (exact) mass is 384 g/mol.